The number of piperidine rings is 1. The van der Waals surface area contributed by atoms with E-state index < -0.39 is 21.8 Å². The van der Waals surface area contributed by atoms with E-state index in [0.29, 0.717) is 25.9 Å². The van der Waals surface area contributed by atoms with E-state index in [0.717, 1.165) is 22.2 Å². The molecule has 0 bridgehead atoms. The van der Waals surface area contributed by atoms with Crippen molar-refractivity contribution in [2.45, 2.75) is 24.3 Å². The van der Waals surface area contributed by atoms with Gasteiger partial charge in [0.15, 0.2) is 0 Å². The zero-order valence-electron chi connectivity index (χ0n) is 15.5. The van der Waals surface area contributed by atoms with Gasteiger partial charge in [0, 0.05) is 31.2 Å². The van der Waals surface area contributed by atoms with E-state index >= 15 is 0 Å². The van der Waals surface area contributed by atoms with Crippen molar-refractivity contribution in [1.82, 2.24) is 9.21 Å². The van der Waals surface area contributed by atoms with Crippen molar-refractivity contribution in [3.63, 3.8) is 0 Å². The SMILES string of the molecule is CN(Cc1ccccc1Br)C(=O)C1CCCN(S(=O)(=O)c2ccc(F)cc2)C1. The number of benzene rings is 2. The van der Waals surface area contributed by atoms with Crippen molar-refractivity contribution in [2.24, 2.45) is 5.92 Å². The summed E-state index contributed by atoms with van der Waals surface area (Å²) in [6, 6.07) is 12.5. The Morgan fingerprint density at radius 1 is 1.21 bits per heavy atom. The van der Waals surface area contributed by atoms with E-state index in [1.807, 2.05) is 24.3 Å². The fourth-order valence-corrected chi connectivity index (χ4v) is 5.32. The van der Waals surface area contributed by atoms with Crippen LogP contribution in [0.3, 0.4) is 0 Å². The molecule has 1 aliphatic rings. The van der Waals surface area contributed by atoms with Gasteiger partial charge in [-0.25, -0.2) is 12.8 Å². The number of hydrogen-bond donors (Lipinski definition) is 0. The second-order valence-corrected chi connectivity index (χ2v) is 9.73. The quantitative estimate of drug-likeness (QED) is 0.672. The molecule has 2 aromatic rings. The number of carbonyl (C=O) groups is 1. The average Bonchev–Trinajstić information content (AvgIpc) is 2.69. The van der Waals surface area contributed by atoms with E-state index in [4.69, 9.17) is 0 Å². The van der Waals surface area contributed by atoms with Crippen LogP contribution in [-0.4, -0.2) is 43.7 Å². The molecule has 1 fully saturated rings. The highest BCUT2D eigenvalue weighted by molar-refractivity contribution is 9.10. The van der Waals surface area contributed by atoms with E-state index in [-0.39, 0.29) is 17.3 Å². The molecule has 1 aliphatic heterocycles. The second kappa shape index (κ2) is 8.71. The first-order valence-electron chi connectivity index (χ1n) is 9.03. The van der Waals surface area contributed by atoms with Gasteiger partial charge in [-0.2, -0.15) is 4.31 Å². The van der Waals surface area contributed by atoms with Gasteiger partial charge in [0.1, 0.15) is 5.82 Å². The summed E-state index contributed by atoms with van der Waals surface area (Å²) >= 11 is 3.48. The molecular formula is C20H22BrFN2O3S. The molecule has 0 spiro atoms. The topological polar surface area (TPSA) is 57.7 Å². The predicted molar refractivity (Wildman–Crippen MR) is 108 cm³/mol. The van der Waals surface area contributed by atoms with Gasteiger partial charge in [-0.1, -0.05) is 34.1 Å². The lowest BCUT2D eigenvalue weighted by atomic mass is 9.98. The Morgan fingerprint density at radius 2 is 1.89 bits per heavy atom. The van der Waals surface area contributed by atoms with Crippen LogP contribution in [0.4, 0.5) is 4.39 Å². The molecule has 0 N–H and O–H groups in total. The minimum atomic E-state index is -3.75. The molecule has 5 nitrogen and oxygen atoms in total. The molecule has 0 radical (unpaired) electrons. The van der Waals surface area contributed by atoms with Gasteiger partial charge >= 0.3 is 0 Å². The third-order valence-electron chi connectivity index (χ3n) is 4.93. The molecule has 1 amide bonds. The Bertz CT molecular complexity index is 950. The van der Waals surface area contributed by atoms with E-state index in [1.54, 1.807) is 11.9 Å². The van der Waals surface area contributed by atoms with E-state index in [2.05, 4.69) is 15.9 Å². The van der Waals surface area contributed by atoms with Gasteiger partial charge in [0.25, 0.3) is 0 Å². The minimum absolute atomic E-state index is 0.0450. The Labute approximate surface area is 173 Å². The number of hydrogen-bond acceptors (Lipinski definition) is 3. The third kappa shape index (κ3) is 4.61. The van der Waals surface area contributed by atoms with Crippen molar-refractivity contribution < 1.29 is 17.6 Å². The van der Waals surface area contributed by atoms with E-state index in [1.165, 1.54) is 16.4 Å². The lowest BCUT2D eigenvalue weighted by Crippen LogP contribution is -2.45. The zero-order valence-corrected chi connectivity index (χ0v) is 17.9. The monoisotopic (exact) mass is 468 g/mol. The number of rotatable bonds is 5. The normalized spacial score (nSPS) is 18.0. The Balaban J connectivity index is 1.71. The summed E-state index contributed by atoms with van der Waals surface area (Å²) in [4.78, 5) is 14.6. The summed E-state index contributed by atoms with van der Waals surface area (Å²) in [5.41, 5.74) is 0.991. The summed E-state index contributed by atoms with van der Waals surface area (Å²) in [5.74, 6) is -0.953. The van der Waals surface area contributed by atoms with Crippen LogP contribution in [0.15, 0.2) is 57.9 Å². The first kappa shape index (κ1) is 21.0. The van der Waals surface area contributed by atoms with Gasteiger partial charge < -0.3 is 4.90 Å². The Morgan fingerprint density at radius 3 is 2.57 bits per heavy atom. The highest BCUT2D eigenvalue weighted by atomic mass is 79.9. The highest BCUT2D eigenvalue weighted by Crippen LogP contribution is 2.26. The van der Waals surface area contributed by atoms with Gasteiger partial charge in [-0.05, 0) is 48.7 Å². The van der Waals surface area contributed by atoms with Crippen LogP contribution in [0.5, 0.6) is 0 Å². The third-order valence-corrected chi connectivity index (χ3v) is 7.58. The van der Waals surface area contributed by atoms with Crippen molar-refractivity contribution in [2.75, 3.05) is 20.1 Å². The smallest absolute Gasteiger partial charge is 0.243 e. The molecule has 1 saturated heterocycles. The molecular weight excluding hydrogens is 447 g/mol. The van der Waals surface area contributed by atoms with Gasteiger partial charge in [-0.15, -0.1) is 0 Å². The van der Waals surface area contributed by atoms with Crippen LogP contribution in [0.2, 0.25) is 0 Å². The molecule has 0 aromatic heterocycles. The molecule has 8 heteroatoms. The van der Waals surface area contributed by atoms with Gasteiger partial charge in [0.05, 0.1) is 10.8 Å². The summed E-state index contributed by atoms with van der Waals surface area (Å²) < 4.78 is 41.1. The maximum atomic E-state index is 13.1. The molecule has 0 saturated carbocycles. The lowest BCUT2D eigenvalue weighted by Gasteiger charge is -2.33. The van der Waals surface area contributed by atoms with Crippen LogP contribution in [0, 0.1) is 11.7 Å². The van der Waals surface area contributed by atoms with Crippen molar-refractivity contribution in [3.8, 4) is 0 Å². The standard InChI is InChI=1S/C20H22BrFN2O3S/c1-23(13-15-5-2-3-7-19(15)21)20(25)16-6-4-12-24(14-16)28(26,27)18-10-8-17(22)9-11-18/h2-3,5,7-11,16H,4,6,12-14H2,1H3. The van der Waals surface area contributed by atoms with Crippen LogP contribution in [0.25, 0.3) is 0 Å². The summed E-state index contributed by atoms with van der Waals surface area (Å²) in [5, 5.41) is 0. The van der Waals surface area contributed by atoms with Crippen molar-refractivity contribution in [1.29, 1.82) is 0 Å². The average molecular weight is 469 g/mol. The maximum Gasteiger partial charge on any atom is 0.243 e. The first-order chi connectivity index (χ1) is 13.3. The van der Waals surface area contributed by atoms with Crippen molar-refractivity contribution >= 4 is 31.9 Å². The van der Waals surface area contributed by atoms with Crippen LogP contribution >= 0.6 is 15.9 Å². The molecule has 3 rings (SSSR count). The van der Waals surface area contributed by atoms with Gasteiger partial charge in [0.2, 0.25) is 15.9 Å². The van der Waals surface area contributed by atoms with Crippen LogP contribution in [0.1, 0.15) is 18.4 Å². The molecule has 28 heavy (non-hydrogen) atoms. The fraction of sp³-hybridized carbons (Fsp3) is 0.350. The molecule has 1 heterocycles. The molecule has 0 aliphatic carbocycles. The molecule has 2 aromatic carbocycles. The van der Waals surface area contributed by atoms with E-state index in [9.17, 15) is 17.6 Å². The zero-order chi connectivity index (χ0) is 20.3. The fourth-order valence-electron chi connectivity index (χ4n) is 3.39. The molecule has 150 valence electrons. The first-order valence-corrected chi connectivity index (χ1v) is 11.3. The highest BCUT2D eigenvalue weighted by Gasteiger charge is 2.34. The predicted octanol–water partition coefficient (Wildman–Crippen LogP) is 3.65. The van der Waals surface area contributed by atoms with Gasteiger partial charge in [-0.3, -0.25) is 4.79 Å². The minimum Gasteiger partial charge on any atom is -0.341 e. The number of nitrogens with zero attached hydrogens (tertiary/aromatic N) is 2. The number of carbonyl (C=O) groups excluding carboxylic acids is 1. The summed E-state index contributed by atoms with van der Waals surface area (Å²) in [7, 11) is -2.02. The lowest BCUT2D eigenvalue weighted by molar-refractivity contribution is -0.135. The maximum absolute atomic E-state index is 13.1. The molecule has 1 unspecified atom stereocenters. The van der Waals surface area contributed by atoms with Crippen LogP contribution < -0.4 is 0 Å². The van der Waals surface area contributed by atoms with Crippen LogP contribution in [-0.2, 0) is 21.4 Å². The Kier molecular flexibility index (Phi) is 6.52. The number of sulfonamides is 1. The number of amides is 1. The molecule has 1 atom stereocenters. The number of halogens is 2. The second-order valence-electron chi connectivity index (χ2n) is 6.94. The Hall–Kier alpha value is -1.77. The van der Waals surface area contributed by atoms with Crippen molar-refractivity contribution in [3.05, 3.63) is 64.4 Å². The summed E-state index contributed by atoms with van der Waals surface area (Å²) in [6.07, 6.45) is 1.26. The summed E-state index contributed by atoms with van der Waals surface area (Å²) in [6.45, 7) is 0.942. The largest absolute Gasteiger partial charge is 0.341 e.